The first-order chi connectivity index (χ1) is 16.3. The lowest BCUT2D eigenvalue weighted by atomic mass is 10.2. The topological polar surface area (TPSA) is 84.0 Å². The van der Waals surface area contributed by atoms with Crippen molar-refractivity contribution in [2.45, 2.75) is 13.0 Å². The number of benzene rings is 1. The predicted octanol–water partition coefficient (Wildman–Crippen LogP) is 3.15. The van der Waals surface area contributed by atoms with Gasteiger partial charge in [-0.3, -0.25) is 4.90 Å². The van der Waals surface area contributed by atoms with Crippen molar-refractivity contribution in [3.05, 3.63) is 60.5 Å². The van der Waals surface area contributed by atoms with Gasteiger partial charge in [0.25, 0.3) is 0 Å². The van der Waals surface area contributed by atoms with Gasteiger partial charge >= 0.3 is 0 Å². The van der Waals surface area contributed by atoms with Crippen molar-refractivity contribution in [1.82, 2.24) is 24.5 Å². The maximum atomic E-state index is 5.53. The molecule has 33 heavy (non-hydrogen) atoms. The number of furan rings is 1. The van der Waals surface area contributed by atoms with Crippen molar-refractivity contribution in [1.29, 1.82) is 0 Å². The fraction of sp³-hybridized carbons (Fsp3) is 0.375. The minimum Gasteiger partial charge on any atom is -0.461 e. The highest BCUT2D eigenvalue weighted by atomic mass is 16.5. The SMILES string of the molecule is COCCCNc1ncc(CN2CCN(c3ccccc3)CC2)c2nc(-c3ccco3)nn12. The molecule has 0 saturated carbocycles. The monoisotopic (exact) mass is 447 g/mol. The van der Waals surface area contributed by atoms with Crippen LogP contribution in [-0.2, 0) is 11.3 Å². The van der Waals surface area contributed by atoms with Crippen molar-refractivity contribution >= 4 is 17.3 Å². The van der Waals surface area contributed by atoms with E-state index in [9.17, 15) is 0 Å². The summed E-state index contributed by atoms with van der Waals surface area (Å²) >= 11 is 0. The molecule has 1 fully saturated rings. The summed E-state index contributed by atoms with van der Waals surface area (Å²) in [6, 6.07) is 14.3. The number of aromatic nitrogens is 4. The maximum Gasteiger partial charge on any atom is 0.225 e. The van der Waals surface area contributed by atoms with Crippen LogP contribution < -0.4 is 10.2 Å². The van der Waals surface area contributed by atoms with Crippen molar-refractivity contribution in [2.75, 3.05) is 56.7 Å². The van der Waals surface area contributed by atoms with Crippen molar-refractivity contribution in [2.24, 2.45) is 0 Å². The second-order valence-electron chi connectivity index (χ2n) is 8.13. The Morgan fingerprint density at radius 3 is 2.67 bits per heavy atom. The Hall–Kier alpha value is -3.43. The molecule has 1 aliphatic rings. The number of para-hydroxylation sites is 1. The molecule has 0 amide bonds. The lowest BCUT2D eigenvalue weighted by Gasteiger charge is -2.36. The molecule has 4 aromatic rings. The summed E-state index contributed by atoms with van der Waals surface area (Å²) in [5.74, 6) is 1.87. The smallest absolute Gasteiger partial charge is 0.225 e. The van der Waals surface area contributed by atoms with E-state index in [0.717, 1.165) is 56.9 Å². The second kappa shape index (κ2) is 10.0. The molecule has 5 rings (SSSR count). The van der Waals surface area contributed by atoms with Gasteiger partial charge in [-0.25, -0.2) is 9.97 Å². The first kappa shape index (κ1) is 21.4. The van der Waals surface area contributed by atoms with Crippen LogP contribution in [0.15, 0.2) is 59.3 Å². The molecule has 0 atom stereocenters. The average Bonchev–Trinajstić information content (AvgIpc) is 3.55. The number of hydrogen-bond donors (Lipinski definition) is 1. The molecule has 1 aliphatic heterocycles. The largest absolute Gasteiger partial charge is 0.461 e. The van der Waals surface area contributed by atoms with Crippen molar-refractivity contribution in [3.63, 3.8) is 0 Å². The number of hydrogen-bond acceptors (Lipinski definition) is 8. The van der Waals surface area contributed by atoms with Crippen LogP contribution in [0.2, 0.25) is 0 Å². The number of piperazine rings is 1. The van der Waals surface area contributed by atoms with E-state index < -0.39 is 0 Å². The quantitative estimate of drug-likeness (QED) is 0.392. The Bertz CT molecular complexity index is 1150. The van der Waals surface area contributed by atoms with E-state index in [0.29, 0.717) is 24.1 Å². The van der Waals surface area contributed by atoms with Crippen LogP contribution in [0.4, 0.5) is 11.6 Å². The molecular formula is C24H29N7O2. The van der Waals surface area contributed by atoms with E-state index in [4.69, 9.17) is 14.1 Å². The lowest BCUT2D eigenvalue weighted by molar-refractivity contribution is 0.197. The first-order valence-corrected chi connectivity index (χ1v) is 11.4. The molecule has 4 heterocycles. The van der Waals surface area contributed by atoms with Crippen LogP contribution in [-0.4, -0.2) is 70.9 Å². The Morgan fingerprint density at radius 1 is 1.06 bits per heavy atom. The highest BCUT2D eigenvalue weighted by Gasteiger charge is 2.21. The van der Waals surface area contributed by atoms with Gasteiger partial charge in [0.2, 0.25) is 11.8 Å². The van der Waals surface area contributed by atoms with Gasteiger partial charge in [-0.05, 0) is 30.7 Å². The molecule has 1 N–H and O–H groups in total. The van der Waals surface area contributed by atoms with Crippen LogP contribution in [0.1, 0.15) is 12.0 Å². The van der Waals surface area contributed by atoms with Crippen molar-refractivity contribution in [3.8, 4) is 11.6 Å². The van der Waals surface area contributed by atoms with Gasteiger partial charge < -0.3 is 19.4 Å². The minimum atomic E-state index is 0.558. The van der Waals surface area contributed by atoms with Gasteiger partial charge in [-0.1, -0.05) is 18.2 Å². The number of rotatable bonds is 9. The molecule has 0 bridgehead atoms. The molecular weight excluding hydrogens is 418 g/mol. The zero-order chi connectivity index (χ0) is 22.5. The van der Waals surface area contributed by atoms with Crippen LogP contribution >= 0.6 is 0 Å². The van der Waals surface area contributed by atoms with Gasteiger partial charge in [0.1, 0.15) is 0 Å². The fourth-order valence-corrected chi connectivity index (χ4v) is 4.12. The van der Waals surface area contributed by atoms with Crippen molar-refractivity contribution < 1.29 is 9.15 Å². The van der Waals surface area contributed by atoms with E-state index in [1.54, 1.807) is 17.9 Å². The molecule has 9 heteroatoms. The first-order valence-electron chi connectivity index (χ1n) is 11.4. The molecule has 0 spiro atoms. The molecule has 0 radical (unpaired) electrons. The second-order valence-corrected chi connectivity index (χ2v) is 8.13. The summed E-state index contributed by atoms with van der Waals surface area (Å²) in [5.41, 5.74) is 3.14. The lowest BCUT2D eigenvalue weighted by Crippen LogP contribution is -2.46. The van der Waals surface area contributed by atoms with E-state index in [1.807, 2.05) is 18.3 Å². The zero-order valence-electron chi connectivity index (χ0n) is 18.9. The molecule has 3 aromatic heterocycles. The summed E-state index contributed by atoms with van der Waals surface area (Å²) in [6.45, 7) is 6.17. The van der Waals surface area contributed by atoms with Gasteiger partial charge in [0, 0.05) is 70.4 Å². The summed E-state index contributed by atoms with van der Waals surface area (Å²) in [4.78, 5) is 14.4. The van der Waals surface area contributed by atoms with Gasteiger partial charge in [0.15, 0.2) is 11.4 Å². The Balaban J connectivity index is 1.34. The van der Waals surface area contributed by atoms with E-state index in [2.05, 4.69) is 55.5 Å². The van der Waals surface area contributed by atoms with Crippen LogP contribution in [0.5, 0.6) is 0 Å². The molecule has 0 unspecified atom stereocenters. The number of fused-ring (bicyclic) bond motifs is 1. The summed E-state index contributed by atoms with van der Waals surface area (Å²) in [7, 11) is 1.71. The maximum absolute atomic E-state index is 5.53. The highest BCUT2D eigenvalue weighted by Crippen LogP contribution is 2.22. The summed E-state index contributed by atoms with van der Waals surface area (Å²) in [5, 5.41) is 8.04. The Labute approximate surface area is 193 Å². The standard InChI is InChI=1S/C24H29N7O2/c1-32-15-6-10-25-24-26-17-19(23-27-22(28-31(23)24)21-9-5-16-33-21)18-29-11-13-30(14-12-29)20-7-3-2-4-8-20/h2-5,7-9,16-17H,6,10-15,18H2,1H3,(H,25,26). The molecule has 1 saturated heterocycles. The molecule has 1 aromatic carbocycles. The van der Waals surface area contributed by atoms with Crippen LogP contribution in [0.25, 0.3) is 17.2 Å². The van der Waals surface area contributed by atoms with Gasteiger partial charge in [-0.2, -0.15) is 4.52 Å². The average molecular weight is 448 g/mol. The fourth-order valence-electron chi connectivity index (χ4n) is 4.12. The minimum absolute atomic E-state index is 0.558. The number of ether oxygens (including phenoxy) is 1. The zero-order valence-corrected chi connectivity index (χ0v) is 18.9. The normalized spacial score (nSPS) is 14.8. The summed E-state index contributed by atoms with van der Waals surface area (Å²) < 4.78 is 12.5. The Kier molecular flexibility index (Phi) is 6.50. The van der Waals surface area contributed by atoms with E-state index in [-0.39, 0.29) is 0 Å². The molecule has 172 valence electrons. The van der Waals surface area contributed by atoms with Gasteiger partial charge in [0.05, 0.1) is 6.26 Å². The number of nitrogens with one attached hydrogen (secondary N) is 1. The predicted molar refractivity (Wildman–Crippen MR) is 127 cm³/mol. The van der Waals surface area contributed by atoms with Crippen LogP contribution in [0, 0.1) is 0 Å². The third-order valence-corrected chi connectivity index (χ3v) is 5.88. The third kappa shape index (κ3) is 4.84. The van der Waals surface area contributed by atoms with E-state index in [1.165, 1.54) is 5.69 Å². The number of methoxy groups -OCH3 is 1. The summed E-state index contributed by atoms with van der Waals surface area (Å²) in [6.07, 6.45) is 4.43. The number of nitrogens with zero attached hydrogens (tertiary/aromatic N) is 6. The van der Waals surface area contributed by atoms with E-state index >= 15 is 0 Å². The third-order valence-electron chi connectivity index (χ3n) is 5.88. The Morgan fingerprint density at radius 2 is 1.91 bits per heavy atom. The van der Waals surface area contributed by atoms with Crippen LogP contribution in [0.3, 0.4) is 0 Å². The molecule has 0 aliphatic carbocycles. The molecule has 9 nitrogen and oxygen atoms in total. The number of anilines is 2. The van der Waals surface area contributed by atoms with Gasteiger partial charge in [-0.15, -0.1) is 5.10 Å². The highest BCUT2D eigenvalue weighted by molar-refractivity contribution is 5.58.